The van der Waals surface area contributed by atoms with Gasteiger partial charge in [0, 0.05) is 17.3 Å². The number of benzene rings is 3. The molecule has 1 aliphatic rings. The van der Waals surface area contributed by atoms with Crippen molar-refractivity contribution in [2.75, 3.05) is 7.11 Å². The maximum Gasteiger partial charge on any atom is 0.338 e. The number of hydrogen-bond acceptors (Lipinski definition) is 7. The Morgan fingerprint density at radius 3 is 2.30 bits per heavy atom. The molecule has 2 aromatic heterocycles. The van der Waals surface area contributed by atoms with Gasteiger partial charge in [0.05, 0.1) is 46.4 Å². The third-order valence-corrected chi connectivity index (χ3v) is 8.10. The van der Waals surface area contributed by atoms with Crippen molar-refractivity contribution < 1.29 is 14.3 Å². The van der Waals surface area contributed by atoms with E-state index in [-0.39, 0.29) is 11.7 Å². The van der Waals surface area contributed by atoms with Crippen molar-refractivity contribution in [3.8, 4) is 22.7 Å². The van der Waals surface area contributed by atoms with E-state index in [1.165, 1.54) is 11.3 Å². The highest BCUT2D eigenvalue weighted by atomic mass is 32.1. The number of allylic oxidation sites excluding steroid dienone is 1. The van der Waals surface area contributed by atoms with Crippen LogP contribution in [0.1, 0.15) is 37.9 Å². The molecule has 1 aliphatic heterocycles. The van der Waals surface area contributed by atoms with E-state index in [9.17, 15) is 9.59 Å². The summed E-state index contributed by atoms with van der Waals surface area (Å²) in [4.78, 5) is 32.8. The third kappa shape index (κ3) is 5.47. The lowest BCUT2D eigenvalue weighted by Crippen LogP contribution is -2.40. The lowest BCUT2D eigenvalue weighted by Gasteiger charge is -2.25. The van der Waals surface area contributed by atoms with Gasteiger partial charge in [-0.05, 0) is 56.7 Å². The minimum atomic E-state index is -0.712. The summed E-state index contributed by atoms with van der Waals surface area (Å²) in [5.41, 5.74) is 4.72. The summed E-state index contributed by atoms with van der Waals surface area (Å²) in [6.45, 7) is 5.37. The molecule has 3 heterocycles. The number of rotatable bonds is 7. The van der Waals surface area contributed by atoms with E-state index in [4.69, 9.17) is 19.6 Å². The van der Waals surface area contributed by atoms with Gasteiger partial charge in [-0.1, -0.05) is 72.0 Å². The highest BCUT2D eigenvalue weighted by Gasteiger charge is 2.34. The monoisotopic (exact) mass is 590 g/mol. The van der Waals surface area contributed by atoms with Gasteiger partial charge in [0.1, 0.15) is 5.75 Å². The van der Waals surface area contributed by atoms with E-state index in [1.807, 2.05) is 102 Å². The lowest BCUT2D eigenvalue weighted by atomic mass is 9.96. The maximum atomic E-state index is 14.2. The molecule has 43 heavy (non-hydrogen) atoms. The zero-order valence-electron chi connectivity index (χ0n) is 24.2. The second-order valence-electron chi connectivity index (χ2n) is 10.4. The fourth-order valence-corrected chi connectivity index (χ4v) is 6.17. The van der Waals surface area contributed by atoms with Crippen LogP contribution in [-0.4, -0.2) is 33.5 Å². The van der Waals surface area contributed by atoms with Gasteiger partial charge in [-0.25, -0.2) is 14.5 Å². The van der Waals surface area contributed by atoms with E-state index < -0.39 is 12.0 Å². The molecule has 0 spiro atoms. The van der Waals surface area contributed by atoms with Gasteiger partial charge < -0.3 is 9.47 Å². The van der Waals surface area contributed by atoms with Crippen molar-refractivity contribution in [3.05, 3.63) is 133 Å². The number of nitrogens with zero attached hydrogens (tertiary/aromatic N) is 4. The van der Waals surface area contributed by atoms with Crippen LogP contribution >= 0.6 is 11.3 Å². The van der Waals surface area contributed by atoms with Crippen LogP contribution in [0.3, 0.4) is 0 Å². The SMILES string of the molecule is COc1ccc([C@H]2C(C(=O)OC(C)C)=C(C)N=c3s/c(=C\c4cn(-c5ccccc5)nc4-c4ccccc4)c(=O)n32)cc1. The Hall–Kier alpha value is -5.02. The molecule has 0 unspecified atom stereocenters. The van der Waals surface area contributed by atoms with Gasteiger partial charge in [-0.15, -0.1) is 0 Å². The van der Waals surface area contributed by atoms with Crippen LogP contribution in [0, 0.1) is 0 Å². The number of methoxy groups -OCH3 is 1. The number of esters is 1. The second-order valence-corrected chi connectivity index (χ2v) is 11.4. The van der Waals surface area contributed by atoms with Crippen molar-refractivity contribution in [1.82, 2.24) is 14.3 Å². The molecule has 8 nitrogen and oxygen atoms in total. The van der Waals surface area contributed by atoms with Crippen molar-refractivity contribution >= 4 is 23.4 Å². The number of para-hydroxylation sites is 1. The first-order valence-corrected chi connectivity index (χ1v) is 14.7. The summed E-state index contributed by atoms with van der Waals surface area (Å²) >= 11 is 1.28. The number of aromatic nitrogens is 3. The Morgan fingerprint density at radius 2 is 1.65 bits per heavy atom. The van der Waals surface area contributed by atoms with E-state index >= 15 is 0 Å². The molecule has 0 aliphatic carbocycles. The molecule has 3 aromatic carbocycles. The van der Waals surface area contributed by atoms with Crippen molar-refractivity contribution in [2.24, 2.45) is 4.99 Å². The highest BCUT2D eigenvalue weighted by molar-refractivity contribution is 7.07. The topological polar surface area (TPSA) is 87.7 Å². The predicted molar refractivity (Wildman–Crippen MR) is 167 cm³/mol. The van der Waals surface area contributed by atoms with Crippen LogP contribution in [0.15, 0.2) is 112 Å². The van der Waals surface area contributed by atoms with Gasteiger partial charge in [0.2, 0.25) is 0 Å². The number of hydrogen-bond donors (Lipinski definition) is 0. The Morgan fingerprint density at radius 1 is 0.977 bits per heavy atom. The summed E-state index contributed by atoms with van der Waals surface area (Å²) in [5.74, 6) is 0.175. The number of carbonyl (C=O) groups excluding carboxylic acids is 1. The van der Waals surface area contributed by atoms with Crippen LogP contribution in [0.2, 0.25) is 0 Å². The van der Waals surface area contributed by atoms with Crippen molar-refractivity contribution in [3.63, 3.8) is 0 Å². The van der Waals surface area contributed by atoms with Crippen LogP contribution in [0.4, 0.5) is 0 Å². The van der Waals surface area contributed by atoms with Gasteiger partial charge in [0.25, 0.3) is 5.56 Å². The van der Waals surface area contributed by atoms with E-state index in [0.29, 0.717) is 26.4 Å². The smallest absolute Gasteiger partial charge is 0.338 e. The molecule has 0 bridgehead atoms. The van der Waals surface area contributed by atoms with E-state index in [2.05, 4.69) is 0 Å². The van der Waals surface area contributed by atoms with Crippen LogP contribution in [0.25, 0.3) is 23.0 Å². The average Bonchev–Trinajstić information content (AvgIpc) is 3.57. The normalized spacial score (nSPS) is 14.9. The third-order valence-electron chi connectivity index (χ3n) is 7.11. The molecule has 0 amide bonds. The maximum absolute atomic E-state index is 14.2. The first-order valence-electron chi connectivity index (χ1n) is 13.9. The summed E-state index contributed by atoms with van der Waals surface area (Å²) in [7, 11) is 1.59. The summed E-state index contributed by atoms with van der Waals surface area (Å²) < 4.78 is 14.8. The van der Waals surface area contributed by atoms with Gasteiger partial charge in [0.15, 0.2) is 4.80 Å². The first kappa shape index (κ1) is 28.1. The molecule has 0 fully saturated rings. The predicted octanol–water partition coefficient (Wildman–Crippen LogP) is 5.05. The van der Waals surface area contributed by atoms with Crippen LogP contribution in [-0.2, 0) is 9.53 Å². The summed E-state index contributed by atoms with van der Waals surface area (Å²) in [6, 6.07) is 26.4. The lowest BCUT2D eigenvalue weighted by molar-refractivity contribution is -0.143. The molecule has 9 heteroatoms. The highest BCUT2D eigenvalue weighted by Crippen LogP contribution is 2.32. The fraction of sp³-hybridized carbons (Fsp3) is 0.176. The molecule has 6 rings (SSSR count). The minimum absolute atomic E-state index is 0.251. The van der Waals surface area contributed by atoms with Gasteiger partial charge in [-0.2, -0.15) is 5.10 Å². The van der Waals surface area contributed by atoms with Crippen molar-refractivity contribution in [1.29, 1.82) is 0 Å². The van der Waals surface area contributed by atoms with Gasteiger partial charge in [-0.3, -0.25) is 9.36 Å². The zero-order valence-corrected chi connectivity index (χ0v) is 25.0. The van der Waals surface area contributed by atoms with Gasteiger partial charge >= 0.3 is 5.97 Å². The standard InChI is InChI=1S/C34H30N4O4S/c1-21(2)42-33(40)29-22(3)35-34-38(31(29)24-15-17-27(41-4)18-16-24)32(39)28(43-34)19-25-20-37(26-13-9-6-10-14-26)36-30(25)23-11-7-5-8-12-23/h5-21,31H,1-4H3/b28-19-/t31-/m0/s1. The number of carbonyl (C=O) groups is 1. The number of thiazole rings is 1. The average molecular weight is 591 g/mol. The largest absolute Gasteiger partial charge is 0.497 e. The minimum Gasteiger partial charge on any atom is -0.497 e. The zero-order chi connectivity index (χ0) is 30.1. The van der Waals surface area contributed by atoms with E-state index in [1.54, 1.807) is 32.4 Å². The van der Waals surface area contributed by atoms with Crippen molar-refractivity contribution in [2.45, 2.75) is 32.9 Å². The molecule has 0 saturated carbocycles. The van der Waals surface area contributed by atoms with Crippen LogP contribution < -0.4 is 19.6 Å². The molecule has 216 valence electrons. The molecule has 0 N–H and O–H groups in total. The molecule has 5 aromatic rings. The summed E-state index contributed by atoms with van der Waals surface area (Å²) in [6.07, 6.45) is 3.45. The van der Waals surface area contributed by atoms with Crippen LogP contribution in [0.5, 0.6) is 5.75 Å². The summed E-state index contributed by atoms with van der Waals surface area (Å²) in [5, 5.41) is 4.89. The molecule has 1 atom stereocenters. The van der Waals surface area contributed by atoms with E-state index in [0.717, 1.165) is 28.1 Å². The first-order chi connectivity index (χ1) is 20.8. The Balaban J connectivity index is 1.55. The second kappa shape index (κ2) is 11.7. The number of ether oxygens (including phenoxy) is 2. The quantitative estimate of drug-likeness (QED) is 0.248. The number of fused-ring (bicyclic) bond motifs is 1. The Labute approximate surface area is 252 Å². The fourth-order valence-electron chi connectivity index (χ4n) is 5.13. The Bertz CT molecular complexity index is 2000. The molecular weight excluding hydrogens is 560 g/mol. The molecular formula is C34H30N4O4S. The molecule has 0 radical (unpaired) electrons. The molecule has 0 saturated heterocycles. The Kier molecular flexibility index (Phi) is 7.65.